The number of anilines is 2. The summed E-state index contributed by atoms with van der Waals surface area (Å²) < 4.78 is 40.4. The summed E-state index contributed by atoms with van der Waals surface area (Å²) in [6.07, 6.45) is 6.28. The minimum absolute atomic E-state index is 0.0949. The van der Waals surface area contributed by atoms with Gasteiger partial charge in [-0.1, -0.05) is 5.92 Å². The van der Waals surface area contributed by atoms with E-state index in [9.17, 15) is 13.2 Å². The van der Waals surface area contributed by atoms with Crippen LogP contribution >= 0.6 is 0 Å². The van der Waals surface area contributed by atoms with Gasteiger partial charge >= 0.3 is 6.18 Å². The lowest BCUT2D eigenvalue weighted by Crippen LogP contribution is -2.44. The number of aromatic nitrogens is 7. The van der Waals surface area contributed by atoms with Gasteiger partial charge in [-0.25, -0.2) is 9.97 Å². The first kappa shape index (κ1) is 23.9. The Morgan fingerprint density at radius 1 is 0.921 bits per heavy atom. The number of rotatable bonds is 4. The summed E-state index contributed by atoms with van der Waals surface area (Å²) in [6, 6.07) is 5.81. The molecule has 2 N–H and O–H groups in total. The highest BCUT2D eigenvalue weighted by Gasteiger charge is 2.39. The van der Waals surface area contributed by atoms with Gasteiger partial charge in [-0.2, -0.15) is 13.2 Å². The highest BCUT2D eigenvalue weighted by Crippen LogP contribution is 2.31. The van der Waals surface area contributed by atoms with E-state index in [1.807, 2.05) is 18.2 Å². The predicted molar refractivity (Wildman–Crippen MR) is 134 cm³/mol. The van der Waals surface area contributed by atoms with Crippen LogP contribution in [0.2, 0.25) is 0 Å². The molecule has 2 aliphatic rings. The number of aromatic amines is 1. The van der Waals surface area contributed by atoms with Gasteiger partial charge in [-0.3, -0.25) is 4.98 Å². The van der Waals surface area contributed by atoms with Crippen LogP contribution in [0.4, 0.5) is 24.9 Å². The van der Waals surface area contributed by atoms with Crippen molar-refractivity contribution in [1.82, 2.24) is 40.0 Å². The van der Waals surface area contributed by atoms with Gasteiger partial charge in [-0.15, -0.1) is 16.6 Å². The van der Waals surface area contributed by atoms with E-state index in [1.54, 1.807) is 23.5 Å². The van der Waals surface area contributed by atoms with E-state index in [4.69, 9.17) is 6.42 Å². The number of alkyl halides is 3. The van der Waals surface area contributed by atoms with Crippen LogP contribution in [0.3, 0.4) is 0 Å². The predicted octanol–water partition coefficient (Wildman–Crippen LogP) is 2.56. The summed E-state index contributed by atoms with van der Waals surface area (Å²) in [5, 5.41) is 10.4. The molecule has 13 heteroatoms. The minimum Gasteiger partial charge on any atom is -0.355 e. The molecule has 0 spiro atoms. The lowest BCUT2D eigenvalue weighted by atomic mass is 10.1. The molecule has 0 bridgehead atoms. The van der Waals surface area contributed by atoms with Crippen LogP contribution in [0.1, 0.15) is 17.2 Å². The third-order valence-corrected chi connectivity index (χ3v) is 6.68. The summed E-state index contributed by atoms with van der Waals surface area (Å²) in [7, 11) is 0. The van der Waals surface area contributed by atoms with E-state index in [2.05, 4.69) is 46.3 Å². The van der Waals surface area contributed by atoms with E-state index < -0.39 is 12.0 Å². The van der Waals surface area contributed by atoms with E-state index in [0.717, 1.165) is 53.4 Å². The van der Waals surface area contributed by atoms with Gasteiger partial charge in [0.05, 0.1) is 17.8 Å². The van der Waals surface area contributed by atoms with Crippen LogP contribution in [-0.4, -0.2) is 67.4 Å². The van der Waals surface area contributed by atoms with Gasteiger partial charge < -0.3 is 24.7 Å². The second-order valence-corrected chi connectivity index (χ2v) is 9.04. The van der Waals surface area contributed by atoms with Crippen LogP contribution in [-0.2, 0) is 19.3 Å². The van der Waals surface area contributed by atoms with Crippen molar-refractivity contribution in [3.05, 3.63) is 54.0 Å². The fourth-order valence-electron chi connectivity index (χ4n) is 4.76. The molecular weight excluding hydrogens is 497 g/mol. The van der Waals surface area contributed by atoms with Gasteiger partial charge in [0.25, 0.3) is 0 Å². The molecule has 0 unspecified atom stereocenters. The zero-order valence-electron chi connectivity index (χ0n) is 20.2. The Hall–Kier alpha value is -4.44. The number of nitrogens with zero attached hydrogens (tertiary/aromatic N) is 8. The molecule has 4 aromatic rings. The van der Waals surface area contributed by atoms with Crippen molar-refractivity contribution in [2.45, 2.75) is 19.3 Å². The maximum Gasteiger partial charge on any atom is 0.451 e. The Bertz CT molecular complexity index is 1490. The summed E-state index contributed by atoms with van der Waals surface area (Å²) in [4.78, 5) is 20.9. The SMILES string of the molecule is C#Cc1cc(-c2ccnc(-c3cnc(N4CCn5c(nnc5C(F)(F)F)C4)nc3)c2)[nH]c1N1CCNCC1. The Morgan fingerprint density at radius 2 is 1.71 bits per heavy atom. The maximum atomic E-state index is 13.1. The molecule has 0 amide bonds. The van der Waals surface area contributed by atoms with Crippen molar-refractivity contribution < 1.29 is 13.2 Å². The average molecular weight is 521 g/mol. The fourth-order valence-corrected chi connectivity index (χ4v) is 4.76. The number of nitrogens with one attached hydrogen (secondary N) is 2. The Kier molecular flexibility index (Phi) is 5.96. The Morgan fingerprint density at radius 3 is 2.45 bits per heavy atom. The molecule has 2 aliphatic heterocycles. The van der Waals surface area contributed by atoms with E-state index >= 15 is 0 Å². The molecule has 6 heterocycles. The molecule has 0 aliphatic carbocycles. The van der Waals surface area contributed by atoms with Crippen LogP contribution in [0.25, 0.3) is 22.5 Å². The van der Waals surface area contributed by atoms with Crippen molar-refractivity contribution in [2.75, 3.05) is 42.5 Å². The third kappa shape index (κ3) is 4.43. The number of piperazine rings is 1. The lowest BCUT2D eigenvalue weighted by molar-refractivity contribution is -0.147. The van der Waals surface area contributed by atoms with Crippen molar-refractivity contribution >= 4 is 11.8 Å². The normalized spacial score (nSPS) is 15.8. The quantitative estimate of drug-likeness (QED) is 0.396. The first-order valence-electron chi connectivity index (χ1n) is 12.1. The van der Waals surface area contributed by atoms with Crippen LogP contribution < -0.4 is 15.1 Å². The molecule has 0 saturated carbocycles. The van der Waals surface area contributed by atoms with Crippen LogP contribution in [0, 0.1) is 12.3 Å². The molecule has 10 nitrogen and oxygen atoms in total. The van der Waals surface area contributed by atoms with Gasteiger partial charge in [0.1, 0.15) is 5.82 Å². The zero-order chi connectivity index (χ0) is 26.3. The van der Waals surface area contributed by atoms with Crippen molar-refractivity contribution in [2.24, 2.45) is 0 Å². The molecule has 38 heavy (non-hydrogen) atoms. The molecule has 1 fully saturated rings. The van der Waals surface area contributed by atoms with Gasteiger partial charge in [-0.05, 0) is 18.2 Å². The summed E-state index contributed by atoms with van der Waals surface area (Å²) in [5.74, 6) is 3.37. The maximum absolute atomic E-state index is 13.1. The second-order valence-electron chi connectivity index (χ2n) is 9.04. The van der Waals surface area contributed by atoms with Gasteiger partial charge in [0.2, 0.25) is 11.8 Å². The summed E-state index contributed by atoms with van der Waals surface area (Å²) in [5.41, 5.74) is 4.02. The first-order chi connectivity index (χ1) is 18.4. The summed E-state index contributed by atoms with van der Waals surface area (Å²) in [6.45, 7) is 4.09. The van der Waals surface area contributed by atoms with E-state index in [1.165, 1.54) is 0 Å². The Balaban J connectivity index is 1.21. The van der Waals surface area contributed by atoms with Crippen molar-refractivity contribution in [1.29, 1.82) is 0 Å². The molecule has 6 rings (SSSR count). The third-order valence-electron chi connectivity index (χ3n) is 6.68. The smallest absolute Gasteiger partial charge is 0.355 e. The number of terminal acetylenes is 1. The van der Waals surface area contributed by atoms with Crippen molar-refractivity contribution in [3.63, 3.8) is 0 Å². The van der Waals surface area contributed by atoms with Crippen LogP contribution in [0.5, 0.6) is 0 Å². The molecule has 194 valence electrons. The summed E-state index contributed by atoms with van der Waals surface area (Å²) >= 11 is 0. The number of H-pyrrole nitrogens is 1. The zero-order valence-corrected chi connectivity index (χ0v) is 20.2. The Labute approximate surface area is 216 Å². The molecule has 0 radical (unpaired) electrons. The van der Waals surface area contributed by atoms with Crippen molar-refractivity contribution in [3.8, 4) is 34.9 Å². The monoisotopic (exact) mass is 520 g/mol. The highest BCUT2D eigenvalue weighted by molar-refractivity contribution is 5.73. The molecule has 0 aromatic carbocycles. The lowest BCUT2D eigenvalue weighted by Gasteiger charge is -2.28. The first-order valence-corrected chi connectivity index (χ1v) is 12.1. The largest absolute Gasteiger partial charge is 0.451 e. The molecule has 0 atom stereocenters. The number of hydrogen-bond acceptors (Lipinski definition) is 8. The number of hydrogen-bond donors (Lipinski definition) is 2. The van der Waals surface area contributed by atoms with E-state index in [0.29, 0.717) is 23.8 Å². The minimum atomic E-state index is -4.54. The second kappa shape index (κ2) is 9.46. The average Bonchev–Trinajstić information content (AvgIpc) is 3.58. The van der Waals surface area contributed by atoms with Gasteiger partial charge in [0, 0.05) is 74.7 Å². The molecule has 4 aromatic heterocycles. The number of pyridine rings is 1. The number of halogens is 3. The standard InChI is InChI=1S/C25H23F3N10/c1-2-16-11-20(33-22(16)36-7-5-29-6-8-36)17-3-4-30-19(12-17)18-13-31-24(32-14-18)37-9-10-38-21(15-37)34-35-23(38)25(26,27)28/h1,3-4,11-14,29,33H,5-10,15H2. The number of fused-ring (bicyclic) bond motifs is 1. The highest BCUT2D eigenvalue weighted by atomic mass is 19.4. The molecular formula is C25H23F3N10. The van der Waals surface area contributed by atoms with E-state index in [-0.39, 0.29) is 18.9 Å². The topological polar surface area (TPSA) is 104 Å². The van der Waals surface area contributed by atoms with Crippen LogP contribution in [0.15, 0.2) is 36.8 Å². The molecule has 1 saturated heterocycles. The fraction of sp³-hybridized carbons (Fsp3) is 0.320. The van der Waals surface area contributed by atoms with Gasteiger partial charge in [0.15, 0.2) is 5.82 Å².